The predicted molar refractivity (Wildman–Crippen MR) is 140 cm³/mol. The molecule has 2 aliphatic rings. The maximum absolute atomic E-state index is 13.3. The van der Waals surface area contributed by atoms with E-state index in [1.165, 1.54) is 11.1 Å². The Morgan fingerprint density at radius 1 is 1.20 bits per heavy atom. The Bertz CT molecular complexity index is 1500. The highest BCUT2D eigenvalue weighted by Gasteiger charge is 2.32. The highest BCUT2D eigenvalue weighted by atomic mass is 32.1. The zero-order valence-electron chi connectivity index (χ0n) is 20.8. The number of rotatable bonds is 4. The number of aromatic nitrogens is 5. The lowest BCUT2D eigenvalue weighted by Crippen LogP contribution is -2.38. The SMILES string of the molecule is CC(C)(C)c1nc(-n2c3nc(Nc4ccc5c(c4)CNCC5(C)C)ncc3c(=O)n2C2CC2)cs1. The third-order valence-corrected chi connectivity index (χ3v) is 8.10. The molecule has 0 amide bonds. The second kappa shape index (κ2) is 7.73. The minimum absolute atomic E-state index is 0.0542. The molecule has 9 heteroatoms. The smallest absolute Gasteiger partial charge is 0.278 e. The van der Waals surface area contributed by atoms with Crippen LogP contribution in [0.1, 0.15) is 69.6 Å². The Kier molecular flexibility index (Phi) is 4.95. The lowest BCUT2D eigenvalue weighted by molar-refractivity contribution is 0.435. The summed E-state index contributed by atoms with van der Waals surface area (Å²) in [5, 5.41) is 10.4. The molecule has 2 N–H and O–H groups in total. The summed E-state index contributed by atoms with van der Waals surface area (Å²) in [7, 11) is 0. The molecule has 4 heterocycles. The summed E-state index contributed by atoms with van der Waals surface area (Å²) in [4.78, 5) is 27.5. The van der Waals surface area contributed by atoms with Gasteiger partial charge in [0.1, 0.15) is 10.4 Å². The summed E-state index contributed by atoms with van der Waals surface area (Å²) in [6.07, 6.45) is 3.62. The van der Waals surface area contributed by atoms with Gasteiger partial charge in [0.15, 0.2) is 11.5 Å². The van der Waals surface area contributed by atoms with Crippen molar-refractivity contribution in [2.24, 2.45) is 0 Å². The molecule has 0 atom stereocenters. The minimum atomic E-state index is -0.0614. The number of fused-ring (bicyclic) bond motifs is 2. The van der Waals surface area contributed by atoms with Crippen LogP contribution in [0.2, 0.25) is 0 Å². The molecule has 0 radical (unpaired) electrons. The van der Waals surface area contributed by atoms with Crippen molar-refractivity contribution in [1.82, 2.24) is 29.6 Å². The van der Waals surface area contributed by atoms with Crippen molar-refractivity contribution in [3.63, 3.8) is 0 Å². The van der Waals surface area contributed by atoms with Crippen LogP contribution in [0.25, 0.3) is 16.9 Å². The van der Waals surface area contributed by atoms with Gasteiger partial charge in [0, 0.05) is 41.2 Å². The number of hydrogen-bond donors (Lipinski definition) is 2. The van der Waals surface area contributed by atoms with E-state index >= 15 is 0 Å². The van der Waals surface area contributed by atoms with Crippen LogP contribution in [0, 0.1) is 0 Å². The zero-order valence-corrected chi connectivity index (χ0v) is 21.7. The molecule has 8 nitrogen and oxygen atoms in total. The van der Waals surface area contributed by atoms with Crippen LogP contribution < -0.4 is 16.2 Å². The summed E-state index contributed by atoms with van der Waals surface area (Å²) in [6.45, 7) is 12.8. The van der Waals surface area contributed by atoms with Crippen LogP contribution in [0.4, 0.5) is 11.6 Å². The first-order valence-corrected chi connectivity index (χ1v) is 13.1. The van der Waals surface area contributed by atoms with E-state index in [2.05, 4.69) is 68.4 Å². The summed E-state index contributed by atoms with van der Waals surface area (Å²) in [5.74, 6) is 1.21. The predicted octanol–water partition coefficient (Wildman–Crippen LogP) is 4.80. The lowest BCUT2D eigenvalue weighted by Gasteiger charge is -2.33. The van der Waals surface area contributed by atoms with Gasteiger partial charge < -0.3 is 10.6 Å². The molecule has 35 heavy (non-hydrogen) atoms. The van der Waals surface area contributed by atoms with Crippen molar-refractivity contribution >= 4 is 34.0 Å². The van der Waals surface area contributed by atoms with Gasteiger partial charge in [0.2, 0.25) is 5.95 Å². The molecule has 182 valence electrons. The van der Waals surface area contributed by atoms with E-state index < -0.39 is 0 Å². The molecule has 1 aliphatic heterocycles. The average Bonchev–Trinajstić information content (AvgIpc) is 3.42. The second-order valence-electron chi connectivity index (χ2n) is 11.4. The van der Waals surface area contributed by atoms with E-state index in [1.54, 1.807) is 17.5 Å². The number of nitrogens with one attached hydrogen (secondary N) is 2. The Labute approximate surface area is 208 Å². The van der Waals surface area contributed by atoms with Gasteiger partial charge in [0.25, 0.3) is 5.56 Å². The molecule has 3 aromatic heterocycles. The van der Waals surface area contributed by atoms with Crippen molar-refractivity contribution < 1.29 is 0 Å². The minimum Gasteiger partial charge on any atom is -0.324 e. The maximum atomic E-state index is 13.3. The van der Waals surface area contributed by atoms with Crippen molar-refractivity contribution in [3.05, 3.63) is 56.3 Å². The summed E-state index contributed by atoms with van der Waals surface area (Å²) in [6, 6.07) is 6.62. The van der Waals surface area contributed by atoms with Crippen LogP contribution in [0.5, 0.6) is 0 Å². The van der Waals surface area contributed by atoms with Crippen LogP contribution >= 0.6 is 11.3 Å². The summed E-state index contributed by atoms with van der Waals surface area (Å²) < 4.78 is 3.71. The van der Waals surface area contributed by atoms with E-state index in [0.717, 1.165) is 42.4 Å². The van der Waals surface area contributed by atoms with E-state index in [1.807, 2.05) is 14.7 Å². The Morgan fingerprint density at radius 3 is 2.71 bits per heavy atom. The van der Waals surface area contributed by atoms with Gasteiger partial charge in [-0.15, -0.1) is 11.3 Å². The standard InChI is InChI=1S/C26H31N7OS/c1-25(2,3)23-30-20(13-35-23)33-21-18(22(34)32(33)17-7-8-17)12-28-24(31-21)29-16-6-9-19-15(10-16)11-27-14-26(19,4)5/h6,9-10,12-13,17,27H,7-8,11,14H2,1-5H3,(H,28,29,31). The molecular formula is C26H31N7OS. The van der Waals surface area contributed by atoms with Gasteiger partial charge in [-0.3, -0.25) is 4.79 Å². The largest absolute Gasteiger partial charge is 0.324 e. The molecule has 1 aliphatic carbocycles. The number of thiazole rings is 1. The van der Waals surface area contributed by atoms with Crippen molar-refractivity contribution in [3.8, 4) is 5.82 Å². The fourth-order valence-electron chi connectivity index (χ4n) is 4.85. The number of benzene rings is 1. The van der Waals surface area contributed by atoms with Crippen LogP contribution in [-0.4, -0.2) is 30.9 Å². The zero-order chi connectivity index (χ0) is 24.5. The third-order valence-electron chi connectivity index (χ3n) is 6.84. The monoisotopic (exact) mass is 489 g/mol. The van der Waals surface area contributed by atoms with Gasteiger partial charge >= 0.3 is 0 Å². The summed E-state index contributed by atoms with van der Waals surface area (Å²) >= 11 is 1.62. The lowest BCUT2D eigenvalue weighted by atomic mass is 9.79. The maximum Gasteiger partial charge on any atom is 0.278 e. The Morgan fingerprint density at radius 2 is 2.00 bits per heavy atom. The molecule has 0 unspecified atom stereocenters. The summed E-state index contributed by atoms with van der Waals surface area (Å²) in [5.41, 5.74) is 4.15. The highest BCUT2D eigenvalue weighted by molar-refractivity contribution is 7.10. The van der Waals surface area contributed by atoms with Gasteiger partial charge in [-0.25, -0.2) is 19.3 Å². The van der Waals surface area contributed by atoms with Gasteiger partial charge in [0.05, 0.1) is 6.04 Å². The Hall–Kier alpha value is -3.04. The molecule has 1 aromatic carbocycles. The van der Waals surface area contributed by atoms with Crippen LogP contribution in [-0.2, 0) is 17.4 Å². The highest BCUT2D eigenvalue weighted by Crippen LogP contribution is 2.37. The first kappa shape index (κ1) is 22.4. The number of nitrogens with zero attached hydrogens (tertiary/aromatic N) is 5. The normalized spacial score (nSPS) is 17.5. The number of anilines is 2. The van der Waals surface area contributed by atoms with Crippen LogP contribution in [0.3, 0.4) is 0 Å². The van der Waals surface area contributed by atoms with Gasteiger partial charge in [-0.05, 0) is 36.1 Å². The third kappa shape index (κ3) is 3.87. The molecular weight excluding hydrogens is 458 g/mol. The van der Waals surface area contributed by atoms with E-state index in [9.17, 15) is 4.79 Å². The molecule has 6 rings (SSSR count). The first-order chi connectivity index (χ1) is 16.6. The molecule has 0 spiro atoms. The molecule has 1 saturated carbocycles. The fourth-order valence-corrected chi connectivity index (χ4v) is 5.72. The molecule has 0 saturated heterocycles. The van der Waals surface area contributed by atoms with Crippen molar-refractivity contribution in [1.29, 1.82) is 0 Å². The second-order valence-corrected chi connectivity index (χ2v) is 12.2. The molecule has 0 bridgehead atoms. The fraction of sp³-hybridized carbons (Fsp3) is 0.462. The quantitative estimate of drug-likeness (QED) is 0.428. The van der Waals surface area contributed by atoms with Crippen LogP contribution in [0.15, 0.2) is 34.6 Å². The first-order valence-electron chi connectivity index (χ1n) is 12.2. The average molecular weight is 490 g/mol. The Balaban J connectivity index is 1.43. The van der Waals surface area contributed by atoms with Crippen molar-refractivity contribution in [2.45, 2.75) is 70.9 Å². The van der Waals surface area contributed by atoms with Crippen molar-refractivity contribution in [2.75, 3.05) is 11.9 Å². The van der Waals surface area contributed by atoms with E-state index in [-0.39, 0.29) is 22.4 Å². The molecule has 4 aromatic rings. The topological polar surface area (TPSA) is 89.7 Å². The number of hydrogen-bond acceptors (Lipinski definition) is 7. The van der Waals surface area contributed by atoms with Gasteiger partial charge in [-0.1, -0.05) is 40.7 Å². The van der Waals surface area contributed by atoms with Gasteiger partial charge in [-0.2, -0.15) is 4.98 Å². The van der Waals surface area contributed by atoms with E-state index in [0.29, 0.717) is 17.0 Å². The van der Waals surface area contributed by atoms with E-state index in [4.69, 9.17) is 9.97 Å². The molecule has 1 fully saturated rings.